The van der Waals surface area contributed by atoms with Crippen LogP contribution in [0.3, 0.4) is 0 Å². The average molecular weight is 399 g/mol. The molecular weight excluding hydrogens is 374 g/mol. The van der Waals surface area contributed by atoms with Crippen molar-refractivity contribution in [2.45, 2.75) is 59.9 Å². The standard InChI is InChI=1S/C22H25NO6/c1-6-17(21(25)26)23-18(24)8-7-14-11(3)16-9-15-10(2)13(5)28-19(15)12(4)20(16)29-22(14)27/h9,17H,6-8H2,1-5H3,(H,23,24)(H,25,26)/t17-/m0/s1. The number of hydrogen-bond donors (Lipinski definition) is 2. The smallest absolute Gasteiger partial charge is 0.339 e. The molecule has 0 spiro atoms. The van der Waals surface area contributed by atoms with Crippen molar-refractivity contribution in [1.29, 1.82) is 0 Å². The summed E-state index contributed by atoms with van der Waals surface area (Å²) in [4.78, 5) is 35.8. The number of fused-ring (bicyclic) bond motifs is 2. The number of furan rings is 1. The summed E-state index contributed by atoms with van der Waals surface area (Å²) >= 11 is 0. The van der Waals surface area contributed by atoms with Gasteiger partial charge >= 0.3 is 11.6 Å². The van der Waals surface area contributed by atoms with Crippen LogP contribution in [0.25, 0.3) is 21.9 Å². The molecule has 0 aliphatic carbocycles. The van der Waals surface area contributed by atoms with Gasteiger partial charge in [-0.1, -0.05) is 6.92 Å². The van der Waals surface area contributed by atoms with E-state index in [0.717, 1.165) is 33.2 Å². The Kier molecular flexibility index (Phi) is 5.50. The summed E-state index contributed by atoms with van der Waals surface area (Å²) in [6.07, 6.45) is 0.468. The molecule has 0 aliphatic heterocycles. The molecule has 1 atom stereocenters. The van der Waals surface area contributed by atoms with Crippen molar-refractivity contribution in [1.82, 2.24) is 5.32 Å². The maximum atomic E-state index is 12.6. The topological polar surface area (TPSA) is 110 Å². The molecule has 2 aromatic heterocycles. The van der Waals surface area contributed by atoms with Gasteiger partial charge in [-0.15, -0.1) is 0 Å². The van der Waals surface area contributed by atoms with Crippen LogP contribution in [0.15, 0.2) is 19.7 Å². The number of carboxylic acid groups (broad SMARTS) is 1. The van der Waals surface area contributed by atoms with Crippen LogP contribution < -0.4 is 10.9 Å². The number of aliphatic carboxylic acids is 1. The summed E-state index contributed by atoms with van der Waals surface area (Å²) < 4.78 is 11.4. The van der Waals surface area contributed by atoms with Crippen LogP contribution in [0.4, 0.5) is 0 Å². The third-order valence-corrected chi connectivity index (χ3v) is 5.59. The molecule has 0 fully saturated rings. The van der Waals surface area contributed by atoms with Gasteiger partial charge in [-0.2, -0.15) is 0 Å². The summed E-state index contributed by atoms with van der Waals surface area (Å²) in [6.45, 7) is 9.27. The van der Waals surface area contributed by atoms with Crippen molar-refractivity contribution in [3.63, 3.8) is 0 Å². The van der Waals surface area contributed by atoms with Crippen molar-refractivity contribution in [3.05, 3.63) is 44.5 Å². The zero-order chi connectivity index (χ0) is 21.5. The molecule has 0 radical (unpaired) electrons. The first-order valence-corrected chi connectivity index (χ1v) is 9.63. The number of carbonyl (C=O) groups is 2. The van der Waals surface area contributed by atoms with Gasteiger partial charge < -0.3 is 19.3 Å². The second kappa shape index (κ2) is 7.73. The molecule has 7 nitrogen and oxygen atoms in total. The molecule has 0 unspecified atom stereocenters. The van der Waals surface area contributed by atoms with Gasteiger partial charge in [0.2, 0.25) is 5.91 Å². The van der Waals surface area contributed by atoms with Gasteiger partial charge in [0.15, 0.2) is 0 Å². The second-order valence-electron chi connectivity index (χ2n) is 7.40. The third kappa shape index (κ3) is 3.64. The maximum Gasteiger partial charge on any atom is 0.339 e. The van der Waals surface area contributed by atoms with E-state index in [-0.39, 0.29) is 19.3 Å². The molecule has 7 heteroatoms. The summed E-state index contributed by atoms with van der Waals surface area (Å²) in [7, 11) is 0. The molecule has 0 saturated heterocycles. The van der Waals surface area contributed by atoms with Gasteiger partial charge in [0.05, 0.1) is 0 Å². The highest BCUT2D eigenvalue weighted by molar-refractivity contribution is 6.00. The Morgan fingerprint density at radius 2 is 1.66 bits per heavy atom. The molecule has 0 aliphatic rings. The lowest BCUT2D eigenvalue weighted by atomic mass is 9.98. The second-order valence-corrected chi connectivity index (χ2v) is 7.40. The first kappa shape index (κ1) is 20.6. The molecule has 154 valence electrons. The summed E-state index contributed by atoms with van der Waals surface area (Å²) in [5.41, 5.74) is 3.70. The van der Waals surface area contributed by atoms with E-state index in [1.807, 2.05) is 33.8 Å². The average Bonchev–Trinajstić information content (AvgIpc) is 2.95. The minimum atomic E-state index is -1.08. The van der Waals surface area contributed by atoms with E-state index >= 15 is 0 Å². The maximum absolute atomic E-state index is 12.6. The van der Waals surface area contributed by atoms with Crippen LogP contribution in [-0.4, -0.2) is 23.0 Å². The Morgan fingerprint density at radius 1 is 1.03 bits per heavy atom. The fraction of sp³-hybridized carbons (Fsp3) is 0.409. The van der Waals surface area contributed by atoms with Crippen LogP contribution in [0, 0.1) is 27.7 Å². The van der Waals surface area contributed by atoms with Crippen molar-refractivity contribution < 1.29 is 23.5 Å². The number of benzene rings is 1. The predicted molar refractivity (Wildman–Crippen MR) is 109 cm³/mol. The van der Waals surface area contributed by atoms with Crippen LogP contribution in [0.5, 0.6) is 0 Å². The molecule has 29 heavy (non-hydrogen) atoms. The summed E-state index contributed by atoms with van der Waals surface area (Å²) in [5, 5.41) is 13.3. The first-order valence-electron chi connectivity index (χ1n) is 9.63. The van der Waals surface area contributed by atoms with E-state index in [1.54, 1.807) is 6.92 Å². The van der Waals surface area contributed by atoms with E-state index in [4.69, 9.17) is 13.9 Å². The van der Waals surface area contributed by atoms with Gasteiger partial charge in [0.1, 0.15) is 23.0 Å². The zero-order valence-electron chi connectivity index (χ0n) is 17.3. The number of aryl methyl sites for hydroxylation is 4. The Balaban J connectivity index is 1.98. The van der Waals surface area contributed by atoms with E-state index in [2.05, 4.69) is 5.32 Å². The van der Waals surface area contributed by atoms with E-state index in [9.17, 15) is 14.4 Å². The van der Waals surface area contributed by atoms with Crippen LogP contribution in [0.1, 0.15) is 47.8 Å². The first-order chi connectivity index (χ1) is 13.6. The van der Waals surface area contributed by atoms with Gasteiger partial charge in [0.25, 0.3) is 0 Å². The Hall–Kier alpha value is -3.09. The highest BCUT2D eigenvalue weighted by Crippen LogP contribution is 2.34. The Bertz CT molecular complexity index is 1180. The number of rotatable bonds is 6. The van der Waals surface area contributed by atoms with Crippen LogP contribution in [0.2, 0.25) is 0 Å². The minimum Gasteiger partial charge on any atom is -0.480 e. The third-order valence-electron chi connectivity index (χ3n) is 5.59. The molecular formula is C22H25NO6. The number of hydrogen-bond acceptors (Lipinski definition) is 5. The molecule has 3 aromatic rings. The molecule has 1 aromatic carbocycles. The van der Waals surface area contributed by atoms with E-state index in [1.165, 1.54) is 0 Å². The SMILES string of the molecule is CC[C@H](NC(=O)CCc1c(C)c2cc3c(C)c(C)oc3c(C)c2oc1=O)C(=O)O. The van der Waals surface area contributed by atoms with E-state index < -0.39 is 23.5 Å². The predicted octanol–water partition coefficient (Wildman–Crippen LogP) is 3.68. The van der Waals surface area contributed by atoms with E-state index in [0.29, 0.717) is 16.7 Å². The van der Waals surface area contributed by atoms with Gasteiger partial charge in [-0.3, -0.25) is 4.79 Å². The quantitative estimate of drug-likeness (QED) is 0.612. The zero-order valence-corrected chi connectivity index (χ0v) is 17.3. The molecule has 2 N–H and O–H groups in total. The Morgan fingerprint density at radius 3 is 2.28 bits per heavy atom. The van der Waals surface area contributed by atoms with Crippen molar-refractivity contribution >= 4 is 33.8 Å². The summed E-state index contributed by atoms with van der Waals surface area (Å²) in [5.74, 6) is -0.669. The van der Waals surface area contributed by atoms with Gasteiger partial charge in [-0.25, -0.2) is 9.59 Å². The molecule has 0 saturated carbocycles. The lowest BCUT2D eigenvalue weighted by Crippen LogP contribution is -2.40. The molecule has 3 rings (SSSR count). The minimum absolute atomic E-state index is 0.00591. The lowest BCUT2D eigenvalue weighted by Gasteiger charge is -2.13. The van der Waals surface area contributed by atoms with Crippen LogP contribution >= 0.6 is 0 Å². The van der Waals surface area contributed by atoms with Crippen molar-refractivity contribution in [2.75, 3.05) is 0 Å². The highest BCUT2D eigenvalue weighted by Gasteiger charge is 2.21. The monoisotopic (exact) mass is 399 g/mol. The fourth-order valence-electron chi connectivity index (χ4n) is 3.62. The summed E-state index contributed by atoms with van der Waals surface area (Å²) in [6, 6.07) is 1.03. The number of carbonyl (C=O) groups excluding carboxylic acids is 1. The largest absolute Gasteiger partial charge is 0.480 e. The van der Waals surface area contributed by atoms with Crippen molar-refractivity contribution in [2.24, 2.45) is 0 Å². The van der Waals surface area contributed by atoms with Crippen LogP contribution in [-0.2, 0) is 16.0 Å². The molecule has 2 heterocycles. The van der Waals surface area contributed by atoms with Crippen molar-refractivity contribution in [3.8, 4) is 0 Å². The number of amides is 1. The number of carboxylic acids is 1. The number of nitrogens with one attached hydrogen (secondary N) is 1. The fourth-order valence-corrected chi connectivity index (χ4v) is 3.62. The van der Waals surface area contributed by atoms with Gasteiger partial charge in [0, 0.05) is 28.3 Å². The van der Waals surface area contributed by atoms with Gasteiger partial charge in [-0.05, 0) is 57.7 Å². The molecule has 1 amide bonds. The molecule has 0 bridgehead atoms. The highest BCUT2D eigenvalue weighted by atomic mass is 16.4. The normalized spacial score (nSPS) is 12.4. The lowest BCUT2D eigenvalue weighted by molar-refractivity contribution is -0.141. The Labute approximate surface area is 167 Å².